The van der Waals surface area contributed by atoms with Crippen LogP contribution in [0.1, 0.15) is 43.9 Å². The molecule has 0 saturated carbocycles. The molecule has 1 aliphatic heterocycles. The molecule has 1 saturated heterocycles. The first kappa shape index (κ1) is 21.2. The highest BCUT2D eigenvalue weighted by Crippen LogP contribution is 2.34. The molecule has 6 nitrogen and oxygen atoms in total. The van der Waals surface area contributed by atoms with Crippen molar-refractivity contribution in [2.45, 2.75) is 45.7 Å². The van der Waals surface area contributed by atoms with E-state index >= 15 is 0 Å². The van der Waals surface area contributed by atoms with Gasteiger partial charge in [0.25, 0.3) is 0 Å². The maximum absolute atomic E-state index is 13.7. The predicted molar refractivity (Wildman–Crippen MR) is 102 cm³/mol. The lowest BCUT2D eigenvalue weighted by Crippen LogP contribution is -2.51. The Labute approximate surface area is 160 Å². The van der Waals surface area contributed by atoms with E-state index in [1.807, 2.05) is 13.8 Å². The molecule has 1 aromatic carbocycles. The van der Waals surface area contributed by atoms with Gasteiger partial charge in [0.05, 0.1) is 18.6 Å². The van der Waals surface area contributed by atoms with Gasteiger partial charge in [-0.2, -0.15) is 0 Å². The smallest absolute Gasteiger partial charge is 0.318 e. The van der Waals surface area contributed by atoms with Crippen molar-refractivity contribution in [3.63, 3.8) is 0 Å². The van der Waals surface area contributed by atoms with Gasteiger partial charge in [-0.15, -0.1) is 0 Å². The van der Waals surface area contributed by atoms with Crippen molar-refractivity contribution >= 4 is 11.9 Å². The number of hydrogen-bond donors (Lipinski definition) is 2. The molecular formula is C20H30FN3O3. The number of urea groups is 1. The zero-order valence-corrected chi connectivity index (χ0v) is 16.5. The van der Waals surface area contributed by atoms with E-state index < -0.39 is 0 Å². The van der Waals surface area contributed by atoms with E-state index in [2.05, 4.69) is 10.6 Å². The first-order valence-corrected chi connectivity index (χ1v) is 9.43. The summed E-state index contributed by atoms with van der Waals surface area (Å²) in [5.74, 6) is -0.594. The molecule has 1 aromatic rings. The summed E-state index contributed by atoms with van der Waals surface area (Å²) in [6.07, 6.45) is 1.32. The maximum atomic E-state index is 13.7. The van der Waals surface area contributed by atoms with Crippen molar-refractivity contribution in [3.8, 4) is 0 Å². The Balaban J connectivity index is 2.17. The third kappa shape index (κ3) is 5.66. The first-order valence-electron chi connectivity index (χ1n) is 9.43. The third-order valence-corrected chi connectivity index (χ3v) is 4.80. The first-order chi connectivity index (χ1) is 12.8. The lowest BCUT2D eigenvalue weighted by atomic mass is 9.88. The molecule has 0 radical (unpaired) electrons. The molecule has 1 fully saturated rings. The Morgan fingerprint density at radius 1 is 1.33 bits per heavy atom. The molecule has 0 spiro atoms. The molecule has 0 unspecified atom stereocenters. The second-order valence-electron chi connectivity index (χ2n) is 7.34. The molecule has 3 amide bonds. The monoisotopic (exact) mass is 379 g/mol. The van der Waals surface area contributed by atoms with Gasteiger partial charge < -0.3 is 20.3 Å². The molecule has 150 valence electrons. The number of piperidine rings is 1. The number of nitrogens with zero attached hydrogens (tertiary/aromatic N) is 1. The fourth-order valence-electron chi connectivity index (χ4n) is 3.38. The van der Waals surface area contributed by atoms with Crippen molar-refractivity contribution < 1.29 is 18.7 Å². The zero-order valence-electron chi connectivity index (χ0n) is 16.5. The number of hydrogen-bond acceptors (Lipinski definition) is 3. The lowest BCUT2D eigenvalue weighted by Gasteiger charge is -2.40. The number of benzene rings is 1. The highest BCUT2D eigenvalue weighted by molar-refractivity contribution is 5.81. The largest absolute Gasteiger partial charge is 0.383 e. The number of likely N-dealkylation sites (tertiary alicyclic amines) is 1. The van der Waals surface area contributed by atoms with Crippen LogP contribution in [0.3, 0.4) is 0 Å². The van der Waals surface area contributed by atoms with Crippen LogP contribution in [-0.2, 0) is 9.53 Å². The van der Waals surface area contributed by atoms with Crippen molar-refractivity contribution in [3.05, 3.63) is 35.1 Å². The van der Waals surface area contributed by atoms with Crippen LogP contribution < -0.4 is 10.6 Å². The van der Waals surface area contributed by atoms with Gasteiger partial charge in [0, 0.05) is 26.2 Å². The van der Waals surface area contributed by atoms with E-state index in [9.17, 15) is 14.0 Å². The van der Waals surface area contributed by atoms with Gasteiger partial charge in [0.15, 0.2) is 0 Å². The van der Waals surface area contributed by atoms with E-state index in [1.54, 1.807) is 31.1 Å². The average Bonchev–Trinajstić information content (AvgIpc) is 2.63. The molecule has 7 heteroatoms. The summed E-state index contributed by atoms with van der Waals surface area (Å²) in [5.41, 5.74) is 1.45. The number of aryl methyl sites for hydroxylation is 1. The average molecular weight is 379 g/mol. The summed E-state index contributed by atoms with van der Waals surface area (Å²) < 4.78 is 18.6. The van der Waals surface area contributed by atoms with Crippen molar-refractivity contribution in [2.75, 3.05) is 26.8 Å². The van der Waals surface area contributed by atoms with Crippen molar-refractivity contribution in [1.29, 1.82) is 0 Å². The summed E-state index contributed by atoms with van der Waals surface area (Å²) in [6.45, 7) is 6.74. The normalized spacial score (nSPS) is 19.9. The summed E-state index contributed by atoms with van der Waals surface area (Å²) in [5, 5.41) is 5.76. The summed E-state index contributed by atoms with van der Waals surface area (Å²) in [4.78, 5) is 26.9. The van der Waals surface area contributed by atoms with Gasteiger partial charge in [-0.25, -0.2) is 9.18 Å². The number of amides is 3. The number of methoxy groups -OCH3 is 1. The molecule has 0 aliphatic carbocycles. The van der Waals surface area contributed by atoms with E-state index in [0.29, 0.717) is 38.1 Å². The molecule has 2 rings (SSSR count). The predicted octanol–water partition coefficient (Wildman–Crippen LogP) is 2.77. The van der Waals surface area contributed by atoms with Crippen LogP contribution in [-0.4, -0.2) is 49.7 Å². The molecule has 1 heterocycles. The van der Waals surface area contributed by atoms with Crippen LogP contribution in [0.4, 0.5) is 9.18 Å². The highest BCUT2D eigenvalue weighted by atomic mass is 19.1. The fourth-order valence-corrected chi connectivity index (χ4v) is 3.38. The molecule has 0 aromatic heterocycles. The third-order valence-electron chi connectivity index (χ3n) is 4.80. The minimum absolute atomic E-state index is 0.0102. The molecular weight excluding hydrogens is 349 g/mol. The zero-order chi connectivity index (χ0) is 20.0. The minimum Gasteiger partial charge on any atom is -0.383 e. The van der Waals surface area contributed by atoms with Gasteiger partial charge in [0.2, 0.25) is 5.91 Å². The Morgan fingerprint density at radius 2 is 2.07 bits per heavy atom. The van der Waals surface area contributed by atoms with Gasteiger partial charge >= 0.3 is 6.03 Å². The van der Waals surface area contributed by atoms with E-state index in [1.165, 1.54) is 6.07 Å². The molecule has 0 bridgehead atoms. The SMILES string of the molecule is COCCNC(=O)[C@H]1CC[C@H](c2ccc(F)c(C)c2)N(C(=O)NC(C)C)C1. The van der Waals surface area contributed by atoms with Gasteiger partial charge in [0.1, 0.15) is 5.82 Å². The molecule has 2 N–H and O–H groups in total. The standard InChI is InChI=1S/C20H30FN3O3/c1-13(2)23-20(26)24-12-16(19(25)22-9-10-27-4)6-8-18(24)15-5-7-17(21)14(3)11-15/h5,7,11,13,16,18H,6,8-10,12H2,1-4H3,(H,22,25)(H,23,26)/t16-,18+/m0/s1. The van der Waals surface area contributed by atoms with Crippen LogP contribution in [0.5, 0.6) is 0 Å². The number of rotatable bonds is 6. The summed E-state index contributed by atoms with van der Waals surface area (Å²) in [7, 11) is 1.58. The van der Waals surface area contributed by atoms with Crippen molar-refractivity contribution in [1.82, 2.24) is 15.5 Å². The van der Waals surface area contributed by atoms with Crippen LogP contribution in [0, 0.1) is 18.7 Å². The minimum atomic E-state index is -0.266. The lowest BCUT2D eigenvalue weighted by molar-refractivity contribution is -0.127. The fraction of sp³-hybridized carbons (Fsp3) is 0.600. The van der Waals surface area contributed by atoms with E-state index in [-0.39, 0.29) is 35.8 Å². The number of carbonyl (C=O) groups is 2. The van der Waals surface area contributed by atoms with E-state index in [4.69, 9.17) is 4.74 Å². The van der Waals surface area contributed by atoms with Crippen LogP contribution >= 0.6 is 0 Å². The second-order valence-corrected chi connectivity index (χ2v) is 7.34. The van der Waals surface area contributed by atoms with Gasteiger partial charge in [-0.05, 0) is 50.8 Å². The number of carbonyl (C=O) groups excluding carboxylic acids is 2. The van der Waals surface area contributed by atoms with Crippen LogP contribution in [0.25, 0.3) is 0 Å². The van der Waals surface area contributed by atoms with Crippen LogP contribution in [0.2, 0.25) is 0 Å². The Morgan fingerprint density at radius 3 is 2.70 bits per heavy atom. The molecule has 27 heavy (non-hydrogen) atoms. The molecule has 1 aliphatic rings. The second kappa shape index (κ2) is 9.69. The number of halogens is 1. The Kier molecular flexibility index (Phi) is 7.59. The topological polar surface area (TPSA) is 70.7 Å². The summed E-state index contributed by atoms with van der Waals surface area (Å²) in [6, 6.07) is 4.56. The van der Waals surface area contributed by atoms with Gasteiger partial charge in [-0.1, -0.05) is 12.1 Å². The number of ether oxygens (including phenoxy) is 1. The highest BCUT2D eigenvalue weighted by Gasteiger charge is 2.35. The van der Waals surface area contributed by atoms with E-state index in [0.717, 1.165) is 5.56 Å². The number of nitrogens with one attached hydrogen (secondary N) is 2. The Bertz CT molecular complexity index is 666. The van der Waals surface area contributed by atoms with Crippen molar-refractivity contribution in [2.24, 2.45) is 5.92 Å². The maximum Gasteiger partial charge on any atom is 0.318 e. The quantitative estimate of drug-likeness (QED) is 0.747. The Hall–Kier alpha value is -2.15. The van der Waals surface area contributed by atoms with Crippen LogP contribution in [0.15, 0.2) is 18.2 Å². The summed E-state index contributed by atoms with van der Waals surface area (Å²) >= 11 is 0. The molecule has 2 atom stereocenters. The van der Waals surface area contributed by atoms with Gasteiger partial charge in [-0.3, -0.25) is 4.79 Å².